The van der Waals surface area contributed by atoms with Gasteiger partial charge in [0.25, 0.3) is 0 Å². The Morgan fingerprint density at radius 1 is 1.21 bits per heavy atom. The summed E-state index contributed by atoms with van der Waals surface area (Å²) in [5.74, 6) is 1.65. The highest BCUT2D eigenvalue weighted by molar-refractivity contribution is 5.64. The van der Waals surface area contributed by atoms with Crippen molar-refractivity contribution in [1.82, 2.24) is 4.98 Å². The molecule has 0 aliphatic heterocycles. The van der Waals surface area contributed by atoms with Gasteiger partial charge in [-0.3, -0.25) is 0 Å². The number of benzene rings is 1. The first-order valence-electron chi connectivity index (χ1n) is 6.40. The van der Waals surface area contributed by atoms with Crippen molar-refractivity contribution in [1.29, 1.82) is 0 Å². The van der Waals surface area contributed by atoms with E-state index >= 15 is 0 Å². The molecule has 0 bridgehead atoms. The van der Waals surface area contributed by atoms with Crippen molar-refractivity contribution in [2.24, 2.45) is 0 Å². The maximum atomic E-state index is 5.93. The summed E-state index contributed by atoms with van der Waals surface area (Å²) in [7, 11) is 0. The molecule has 2 aromatic rings. The Hall–Kier alpha value is -2.23. The normalized spacial score (nSPS) is 10.2. The topological polar surface area (TPSA) is 60.2 Å². The van der Waals surface area contributed by atoms with Crippen molar-refractivity contribution >= 4 is 11.5 Å². The van der Waals surface area contributed by atoms with Gasteiger partial charge in [0.15, 0.2) is 0 Å². The van der Waals surface area contributed by atoms with E-state index in [2.05, 4.69) is 10.3 Å². The zero-order chi connectivity index (χ0) is 13.5. The average molecular weight is 257 g/mol. The fourth-order valence-electron chi connectivity index (χ4n) is 1.70. The molecule has 0 amide bonds. The lowest BCUT2D eigenvalue weighted by molar-refractivity contribution is 0.315. The van der Waals surface area contributed by atoms with Crippen LogP contribution < -0.4 is 15.8 Å². The van der Waals surface area contributed by atoms with Crippen LogP contribution in [0.3, 0.4) is 0 Å². The third-order valence-corrected chi connectivity index (χ3v) is 2.83. The van der Waals surface area contributed by atoms with Crippen LogP contribution in [0.4, 0.5) is 11.5 Å². The highest BCUT2D eigenvalue weighted by atomic mass is 16.5. The summed E-state index contributed by atoms with van der Waals surface area (Å²) < 4.78 is 5.61. The Kier molecular flexibility index (Phi) is 4.61. The molecule has 4 nitrogen and oxygen atoms in total. The predicted octanol–water partition coefficient (Wildman–Crippen LogP) is 2.85. The lowest BCUT2D eigenvalue weighted by Crippen LogP contribution is -2.10. The van der Waals surface area contributed by atoms with Crippen LogP contribution in [0, 0.1) is 6.92 Å². The van der Waals surface area contributed by atoms with Crippen molar-refractivity contribution in [2.75, 3.05) is 24.2 Å². The monoisotopic (exact) mass is 257 g/mol. The molecule has 0 unspecified atom stereocenters. The molecule has 0 aliphatic rings. The van der Waals surface area contributed by atoms with Gasteiger partial charge in [0, 0.05) is 12.7 Å². The summed E-state index contributed by atoms with van der Waals surface area (Å²) in [4.78, 5) is 4.22. The molecule has 3 N–H and O–H groups in total. The zero-order valence-corrected chi connectivity index (χ0v) is 11.1. The second-order valence-corrected chi connectivity index (χ2v) is 4.33. The molecule has 0 fully saturated rings. The summed E-state index contributed by atoms with van der Waals surface area (Å²) in [6.45, 7) is 3.43. The molecule has 1 aromatic carbocycles. The molecule has 0 aliphatic carbocycles. The Balaban J connectivity index is 1.71. The van der Waals surface area contributed by atoms with E-state index in [0.29, 0.717) is 12.3 Å². The predicted molar refractivity (Wildman–Crippen MR) is 78.4 cm³/mol. The Labute approximate surface area is 113 Å². The van der Waals surface area contributed by atoms with Crippen LogP contribution in [-0.2, 0) is 0 Å². The summed E-state index contributed by atoms with van der Waals surface area (Å²) in [6, 6.07) is 11.7. The largest absolute Gasteiger partial charge is 0.494 e. The first-order valence-corrected chi connectivity index (χ1v) is 6.40. The number of nitrogens with one attached hydrogen (secondary N) is 1. The van der Waals surface area contributed by atoms with Crippen LogP contribution >= 0.6 is 0 Å². The molecule has 0 atom stereocenters. The number of aryl methyl sites for hydroxylation is 1. The minimum absolute atomic E-state index is 0.669. The number of nitrogens with zero attached hydrogens (tertiary/aromatic N) is 1. The lowest BCUT2D eigenvalue weighted by Gasteiger charge is -2.10. The number of para-hydroxylation sites is 1. The summed E-state index contributed by atoms with van der Waals surface area (Å²) in [5, 5.41) is 3.22. The SMILES string of the molecule is Cc1ccnc(NCCCOc2ccccc2)c1N. The van der Waals surface area contributed by atoms with E-state index in [1.54, 1.807) is 6.20 Å². The van der Waals surface area contributed by atoms with Crippen LogP contribution in [0.1, 0.15) is 12.0 Å². The van der Waals surface area contributed by atoms with Gasteiger partial charge in [-0.1, -0.05) is 18.2 Å². The number of ether oxygens (including phenoxy) is 1. The molecule has 4 heteroatoms. The molecule has 1 heterocycles. The number of nitrogens with two attached hydrogens (primary N) is 1. The van der Waals surface area contributed by atoms with Gasteiger partial charge < -0.3 is 15.8 Å². The molecular weight excluding hydrogens is 238 g/mol. The first-order chi connectivity index (χ1) is 9.27. The lowest BCUT2D eigenvalue weighted by atomic mass is 10.2. The van der Waals surface area contributed by atoms with Gasteiger partial charge in [0.1, 0.15) is 11.6 Å². The van der Waals surface area contributed by atoms with Crippen molar-refractivity contribution in [3.8, 4) is 5.75 Å². The molecule has 0 saturated heterocycles. The highest BCUT2D eigenvalue weighted by Crippen LogP contribution is 2.18. The zero-order valence-electron chi connectivity index (χ0n) is 11.1. The fraction of sp³-hybridized carbons (Fsp3) is 0.267. The Bertz CT molecular complexity index is 514. The maximum Gasteiger partial charge on any atom is 0.149 e. The number of aromatic nitrogens is 1. The number of hydrogen-bond donors (Lipinski definition) is 2. The molecule has 2 rings (SSSR count). The van der Waals surface area contributed by atoms with Gasteiger partial charge >= 0.3 is 0 Å². The quantitative estimate of drug-likeness (QED) is 0.781. The minimum atomic E-state index is 0.669. The van der Waals surface area contributed by atoms with E-state index in [9.17, 15) is 0 Å². The van der Waals surface area contributed by atoms with Crippen LogP contribution in [0.15, 0.2) is 42.6 Å². The van der Waals surface area contributed by atoms with E-state index < -0.39 is 0 Å². The number of nitrogen functional groups attached to an aromatic ring is 1. The highest BCUT2D eigenvalue weighted by Gasteiger charge is 2.01. The van der Waals surface area contributed by atoms with Crippen molar-refractivity contribution in [3.05, 3.63) is 48.2 Å². The van der Waals surface area contributed by atoms with Crippen LogP contribution in [0.25, 0.3) is 0 Å². The van der Waals surface area contributed by atoms with Crippen molar-refractivity contribution in [2.45, 2.75) is 13.3 Å². The van der Waals surface area contributed by atoms with Gasteiger partial charge in [0.05, 0.1) is 12.3 Å². The standard InChI is InChI=1S/C15H19N3O/c1-12-8-10-18-15(14(12)16)17-9-5-11-19-13-6-3-2-4-7-13/h2-4,6-8,10H,5,9,11,16H2,1H3,(H,17,18). The third kappa shape index (κ3) is 3.88. The Morgan fingerprint density at radius 3 is 2.79 bits per heavy atom. The number of pyridine rings is 1. The van der Waals surface area contributed by atoms with Gasteiger partial charge in [-0.2, -0.15) is 0 Å². The van der Waals surface area contributed by atoms with E-state index in [-0.39, 0.29) is 0 Å². The van der Waals surface area contributed by atoms with Gasteiger partial charge in [-0.25, -0.2) is 4.98 Å². The van der Waals surface area contributed by atoms with E-state index in [1.807, 2.05) is 43.3 Å². The molecule has 0 spiro atoms. The smallest absolute Gasteiger partial charge is 0.149 e. The van der Waals surface area contributed by atoms with E-state index in [0.717, 1.165) is 30.1 Å². The average Bonchev–Trinajstić information content (AvgIpc) is 2.44. The van der Waals surface area contributed by atoms with Gasteiger partial charge in [0.2, 0.25) is 0 Å². The van der Waals surface area contributed by atoms with Crippen LogP contribution in [0.2, 0.25) is 0 Å². The Morgan fingerprint density at radius 2 is 2.00 bits per heavy atom. The number of hydrogen-bond acceptors (Lipinski definition) is 4. The fourth-order valence-corrected chi connectivity index (χ4v) is 1.70. The second kappa shape index (κ2) is 6.64. The molecule has 19 heavy (non-hydrogen) atoms. The molecule has 0 saturated carbocycles. The van der Waals surface area contributed by atoms with Gasteiger partial charge in [-0.15, -0.1) is 0 Å². The third-order valence-electron chi connectivity index (χ3n) is 2.83. The van der Waals surface area contributed by atoms with Crippen molar-refractivity contribution in [3.63, 3.8) is 0 Å². The van der Waals surface area contributed by atoms with Crippen molar-refractivity contribution < 1.29 is 4.74 Å². The molecule has 1 aromatic heterocycles. The van der Waals surface area contributed by atoms with Crippen LogP contribution in [-0.4, -0.2) is 18.1 Å². The minimum Gasteiger partial charge on any atom is -0.494 e. The summed E-state index contributed by atoms with van der Waals surface area (Å²) >= 11 is 0. The number of anilines is 2. The first kappa shape index (κ1) is 13.2. The summed E-state index contributed by atoms with van der Waals surface area (Å²) in [6.07, 6.45) is 2.65. The molecular formula is C15H19N3O. The molecule has 100 valence electrons. The van der Waals surface area contributed by atoms with E-state index in [4.69, 9.17) is 10.5 Å². The molecule has 0 radical (unpaired) electrons. The maximum absolute atomic E-state index is 5.93. The van der Waals surface area contributed by atoms with E-state index in [1.165, 1.54) is 0 Å². The van der Waals surface area contributed by atoms with Gasteiger partial charge in [-0.05, 0) is 37.1 Å². The van der Waals surface area contributed by atoms with Crippen LogP contribution in [0.5, 0.6) is 5.75 Å². The summed E-state index contributed by atoms with van der Waals surface area (Å²) in [5.41, 5.74) is 7.69. The second-order valence-electron chi connectivity index (χ2n) is 4.33. The number of rotatable bonds is 6.